The zero-order chi connectivity index (χ0) is 12.4. The monoisotopic (exact) mass is 227 g/mol. The number of halogens is 2. The van der Waals surface area contributed by atoms with E-state index in [1.165, 1.54) is 12.1 Å². The Labute approximate surface area is 95.7 Å². The van der Waals surface area contributed by atoms with E-state index in [-0.39, 0.29) is 12.0 Å². The summed E-state index contributed by atoms with van der Waals surface area (Å²) in [4.78, 5) is 0. The normalized spacial score (nSPS) is 12.9. The van der Waals surface area contributed by atoms with Crippen LogP contribution in [-0.4, -0.2) is 0 Å². The third-order valence-corrected chi connectivity index (χ3v) is 2.62. The molecule has 1 nitrogen and oxygen atoms in total. The summed E-state index contributed by atoms with van der Waals surface area (Å²) in [6.07, 6.45) is 0.357. The van der Waals surface area contributed by atoms with Gasteiger partial charge in [-0.1, -0.05) is 37.6 Å². The van der Waals surface area contributed by atoms with Gasteiger partial charge in [-0.3, -0.25) is 0 Å². The number of hydrogen-bond donors (Lipinski definition) is 1. The van der Waals surface area contributed by atoms with Gasteiger partial charge in [0.15, 0.2) is 0 Å². The van der Waals surface area contributed by atoms with Crippen LogP contribution in [0.4, 0.5) is 8.78 Å². The van der Waals surface area contributed by atoms with E-state index in [2.05, 4.69) is 0 Å². The van der Waals surface area contributed by atoms with Gasteiger partial charge in [-0.25, -0.2) is 8.78 Å². The van der Waals surface area contributed by atoms with Gasteiger partial charge in [0.25, 0.3) is 5.92 Å². The van der Waals surface area contributed by atoms with Gasteiger partial charge in [0.1, 0.15) is 0 Å². The zero-order valence-electron chi connectivity index (χ0n) is 10.1. The Morgan fingerprint density at radius 1 is 1.06 bits per heavy atom. The maximum atomic E-state index is 13.6. The van der Waals surface area contributed by atoms with E-state index < -0.39 is 11.5 Å². The van der Waals surface area contributed by atoms with E-state index in [0.29, 0.717) is 6.42 Å². The van der Waals surface area contributed by atoms with Crippen molar-refractivity contribution in [2.45, 2.75) is 45.1 Å². The molecule has 0 radical (unpaired) electrons. The SMILES string of the molecule is CCCC(F)(F)c1ccc(C(C)(C)N)cc1. The van der Waals surface area contributed by atoms with Crippen LogP contribution in [0.2, 0.25) is 0 Å². The summed E-state index contributed by atoms with van der Waals surface area (Å²) in [6, 6.07) is 6.30. The second kappa shape index (κ2) is 4.50. The molecule has 90 valence electrons. The van der Waals surface area contributed by atoms with Crippen LogP contribution in [-0.2, 0) is 11.5 Å². The highest BCUT2D eigenvalue weighted by atomic mass is 19.3. The molecule has 0 spiro atoms. The van der Waals surface area contributed by atoms with Gasteiger partial charge in [-0.15, -0.1) is 0 Å². The first-order chi connectivity index (χ1) is 7.27. The Morgan fingerprint density at radius 3 is 1.88 bits per heavy atom. The Hall–Kier alpha value is -0.960. The third-order valence-electron chi connectivity index (χ3n) is 2.62. The average Bonchev–Trinajstić information content (AvgIpc) is 2.16. The minimum atomic E-state index is -2.73. The minimum absolute atomic E-state index is 0.0716. The molecule has 1 aromatic carbocycles. The molecule has 0 aliphatic heterocycles. The van der Waals surface area contributed by atoms with Crippen molar-refractivity contribution in [1.29, 1.82) is 0 Å². The first kappa shape index (κ1) is 13.1. The highest BCUT2D eigenvalue weighted by Gasteiger charge is 2.30. The van der Waals surface area contributed by atoms with Crippen LogP contribution in [0.1, 0.15) is 44.7 Å². The van der Waals surface area contributed by atoms with Gasteiger partial charge >= 0.3 is 0 Å². The molecule has 1 aromatic rings. The zero-order valence-corrected chi connectivity index (χ0v) is 10.1. The van der Waals surface area contributed by atoms with Crippen molar-refractivity contribution in [2.24, 2.45) is 5.73 Å². The number of benzene rings is 1. The van der Waals surface area contributed by atoms with E-state index in [9.17, 15) is 8.78 Å². The predicted molar refractivity (Wildman–Crippen MR) is 62.5 cm³/mol. The number of alkyl halides is 2. The molecule has 0 unspecified atom stereocenters. The van der Waals surface area contributed by atoms with E-state index in [0.717, 1.165) is 5.56 Å². The van der Waals surface area contributed by atoms with Crippen LogP contribution in [0.3, 0.4) is 0 Å². The van der Waals surface area contributed by atoms with Crippen molar-refractivity contribution in [3.05, 3.63) is 35.4 Å². The summed E-state index contributed by atoms with van der Waals surface area (Å²) in [7, 11) is 0. The second-order valence-electron chi connectivity index (χ2n) is 4.75. The lowest BCUT2D eigenvalue weighted by molar-refractivity contribution is -0.0140. The van der Waals surface area contributed by atoms with Crippen LogP contribution in [0.15, 0.2) is 24.3 Å². The van der Waals surface area contributed by atoms with Crippen molar-refractivity contribution in [3.8, 4) is 0 Å². The fourth-order valence-corrected chi connectivity index (χ4v) is 1.60. The summed E-state index contributed by atoms with van der Waals surface area (Å²) in [6.45, 7) is 5.46. The first-order valence-electron chi connectivity index (χ1n) is 5.55. The van der Waals surface area contributed by atoms with Gasteiger partial charge in [0.05, 0.1) is 0 Å². The second-order valence-corrected chi connectivity index (χ2v) is 4.75. The molecule has 0 aromatic heterocycles. The number of hydrogen-bond acceptors (Lipinski definition) is 1. The highest BCUT2D eigenvalue weighted by molar-refractivity contribution is 5.29. The highest BCUT2D eigenvalue weighted by Crippen LogP contribution is 2.33. The lowest BCUT2D eigenvalue weighted by Gasteiger charge is -2.21. The molecule has 0 amide bonds. The van der Waals surface area contributed by atoms with E-state index in [1.54, 1.807) is 19.1 Å². The predicted octanol–water partition coefficient (Wildman–Crippen LogP) is 3.77. The molecule has 16 heavy (non-hydrogen) atoms. The summed E-state index contributed by atoms with van der Waals surface area (Å²) in [5.41, 5.74) is 6.34. The van der Waals surface area contributed by atoms with Gasteiger partial charge in [0, 0.05) is 17.5 Å². The fraction of sp³-hybridized carbons (Fsp3) is 0.538. The molecular formula is C13H19F2N. The third kappa shape index (κ3) is 3.01. The van der Waals surface area contributed by atoms with Crippen LogP contribution >= 0.6 is 0 Å². The largest absolute Gasteiger partial charge is 0.322 e. The Kier molecular flexibility index (Phi) is 3.68. The van der Waals surface area contributed by atoms with Crippen LogP contribution in [0.25, 0.3) is 0 Å². The van der Waals surface area contributed by atoms with Gasteiger partial charge in [-0.05, 0) is 19.4 Å². The summed E-state index contributed by atoms with van der Waals surface area (Å²) >= 11 is 0. The van der Waals surface area contributed by atoms with Gasteiger partial charge in [0.2, 0.25) is 0 Å². The molecule has 0 fully saturated rings. The summed E-state index contributed by atoms with van der Waals surface area (Å²) in [5.74, 6) is -2.73. The topological polar surface area (TPSA) is 26.0 Å². The standard InChI is InChI=1S/C13H19F2N/c1-4-9-13(14,15)11-7-5-10(6-8-11)12(2,3)16/h5-8H,4,9,16H2,1-3H3. The Bertz CT molecular complexity index is 336. The summed E-state index contributed by atoms with van der Waals surface area (Å²) in [5, 5.41) is 0. The molecule has 0 heterocycles. The van der Waals surface area contributed by atoms with Crippen molar-refractivity contribution in [3.63, 3.8) is 0 Å². The molecule has 0 saturated carbocycles. The summed E-state index contributed by atoms with van der Waals surface area (Å²) < 4.78 is 27.1. The Balaban J connectivity index is 2.95. The lowest BCUT2D eigenvalue weighted by atomic mass is 9.93. The quantitative estimate of drug-likeness (QED) is 0.832. The molecule has 2 N–H and O–H groups in total. The average molecular weight is 227 g/mol. The molecule has 0 bridgehead atoms. The smallest absolute Gasteiger partial charge is 0.273 e. The maximum Gasteiger partial charge on any atom is 0.273 e. The van der Waals surface area contributed by atoms with Gasteiger partial charge in [-0.2, -0.15) is 0 Å². The van der Waals surface area contributed by atoms with Crippen LogP contribution in [0, 0.1) is 0 Å². The molecule has 3 heteroatoms. The van der Waals surface area contributed by atoms with E-state index in [1.807, 2.05) is 13.8 Å². The fourth-order valence-electron chi connectivity index (χ4n) is 1.60. The van der Waals surface area contributed by atoms with Crippen molar-refractivity contribution in [1.82, 2.24) is 0 Å². The van der Waals surface area contributed by atoms with Crippen LogP contribution < -0.4 is 5.73 Å². The number of rotatable bonds is 4. The molecule has 1 rings (SSSR count). The molecule has 0 aliphatic carbocycles. The molecular weight excluding hydrogens is 208 g/mol. The molecule has 0 saturated heterocycles. The first-order valence-corrected chi connectivity index (χ1v) is 5.55. The molecule has 0 atom stereocenters. The Morgan fingerprint density at radius 2 is 1.50 bits per heavy atom. The van der Waals surface area contributed by atoms with Crippen LogP contribution in [0.5, 0.6) is 0 Å². The molecule has 0 aliphatic rings. The van der Waals surface area contributed by atoms with Gasteiger partial charge < -0.3 is 5.73 Å². The van der Waals surface area contributed by atoms with E-state index in [4.69, 9.17) is 5.73 Å². The maximum absolute atomic E-state index is 13.6. The van der Waals surface area contributed by atoms with Crippen molar-refractivity contribution < 1.29 is 8.78 Å². The number of nitrogens with two attached hydrogens (primary N) is 1. The minimum Gasteiger partial charge on any atom is -0.322 e. The van der Waals surface area contributed by atoms with E-state index >= 15 is 0 Å². The van der Waals surface area contributed by atoms with Crippen molar-refractivity contribution in [2.75, 3.05) is 0 Å². The lowest BCUT2D eigenvalue weighted by Crippen LogP contribution is -2.28. The van der Waals surface area contributed by atoms with Crippen molar-refractivity contribution >= 4 is 0 Å².